The van der Waals surface area contributed by atoms with Gasteiger partial charge in [0.15, 0.2) is 0 Å². The summed E-state index contributed by atoms with van der Waals surface area (Å²) in [5, 5.41) is 17.7. The lowest BCUT2D eigenvalue weighted by atomic mass is 10.3. The standard InChI is InChI=1S/C10H19N3O3/c1-8-7-13(9(2)11-8)10(16)12(3-5-14)4-6-15/h8,14-15H,3-7H2,1-2H3. The van der Waals surface area contributed by atoms with Crippen molar-refractivity contribution in [2.24, 2.45) is 4.99 Å². The molecule has 92 valence electrons. The number of amides is 2. The highest BCUT2D eigenvalue weighted by Gasteiger charge is 2.28. The maximum absolute atomic E-state index is 12.0. The van der Waals surface area contributed by atoms with E-state index in [1.54, 1.807) is 11.8 Å². The van der Waals surface area contributed by atoms with Crippen LogP contribution in [0.3, 0.4) is 0 Å². The van der Waals surface area contributed by atoms with Crippen molar-refractivity contribution in [2.45, 2.75) is 19.9 Å². The Morgan fingerprint density at radius 2 is 2.06 bits per heavy atom. The van der Waals surface area contributed by atoms with Crippen LogP contribution in [-0.4, -0.2) is 70.8 Å². The molecule has 0 saturated carbocycles. The number of hydrogen-bond donors (Lipinski definition) is 2. The summed E-state index contributed by atoms with van der Waals surface area (Å²) < 4.78 is 0. The molecule has 2 N–H and O–H groups in total. The fourth-order valence-electron chi connectivity index (χ4n) is 1.76. The first-order valence-electron chi connectivity index (χ1n) is 5.42. The second-order valence-corrected chi connectivity index (χ2v) is 3.85. The molecule has 16 heavy (non-hydrogen) atoms. The van der Waals surface area contributed by atoms with Gasteiger partial charge < -0.3 is 15.1 Å². The number of aliphatic imine (C=N–C) groups is 1. The van der Waals surface area contributed by atoms with Crippen molar-refractivity contribution >= 4 is 11.9 Å². The minimum atomic E-state index is -0.200. The maximum Gasteiger partial charge on any atom is 0.325 e. The van der Waals surface area contributed by atoms with E-state index >= 15 is 0 Å². The normalized spacial score (nSPS) is 19.9. The molecule has 1 rings (SSSR count). The molecule has 6 nitrogen and oxygen atoms in total. The molecule has 1 heterocycles. The van der Waals surface area contributed by atoms with E-state index in [4.69, 9.17) is 10.2 Å². The molecule has 1 aliphatic rings. The Balaban J connectivity index is 2.64. The minimum Gasteiger partial charge on any atom is -0.395 e. The van der Waals surface area contributed by atoms with Crippen LogP contribution in [0.25, 0.3) is 0 Å². The van der Waals surface area contributed by atoms with Crippen LogP contribution in [0.4, 0.5) is 4.79 Å². The van der Waals surface area contributed by atoms with E-state index in [0.717, 1.165) is 0 Å². The Labute approximate surface area is 95.2 Å². The lowest BCUT2D eigenvalue weighted by Crippen LogP contribution is -2.46. The van der Waals surface area contributed by atoms with Crippen LogP contribution in [0.15, 0.2) is 4.99 Å². The number of nitrogens with zero attached hydrogens (tertiary/aromatic N) is 3. The van der Waals surface area contributed by atoms with Gasteiger partial charge in [-0.1, -0.05) is 0 Å². The topological polar surface area (TPSA) is 76.4 Å². The summed E-state index contributed by atoms with van der Waals surface area (Å²) in [4.78, 5) is 19.3. The third-order valence-electron chi connectivity index (χ3n) is 2.49. The highest BCUT2D eigenvalue weighted by Crippen LogP contribution is 2.11. The number of aliphatic hydroxyl groups is 2. The number of rotatable bonds is 4. The first kappa shape index (κ1) is 12.9. The molecule has 0 bridgehead atoms. The SMILES string of the molecule is CC1=NC(C)CN1C(=O)N(CCO)CCO. The van der Waals surface area contributed by atoms with E-state index in [9.17, 15) is 4.79 Å². The van der Waals surface area contributed by atoms with Gasteiger partial charge in [-0.25, -0.2) is 4.79 Å². The Hall–Kier alpha value is -1.14. The summed E-state index contributed by atoms with van der Waals surface area (Å²) in [7, 11) is 0. The van der Waals surface area contributed by atoms with Crippen molar-refractivity contribution in [1.82, 2.24) is 9.80 Å². The summed E-state index contributed by atoms with van der Waals surface area (Å²) in [6.07, 6.45) is 0. The Bertz CT molecular complexity index is 274. The lowest BCUT2D eigenvalue weighted by molar-refractivity contribution is 0.143. The van der Waals surface area contributed by atoms with Crippen molar-refractivity contribution in [3.63, 3.8) is 0 Å². The molecule has 1 aliphatic heterocycles. The number of carbonyl (C=O) groups is 1. The van der Waals surface area contributed by atoms with Crippen LogP contribution in [0.2, 0.25) is 0 Å². The third-order valence-corrected chi connectivity index (χ3v) is 2.49. The van der Waals surface area contributed by atoms with Gasteiger partial charge in [0.05, 0.1) is 25.8 Å². The molecule has 0 aliphatic carbocycles. The van der Waals surface area contributed by atoms with E-state index in [0.29, 0.717) is 12.4 Å². The van der Waals surface area contributed by atoms with Crippen LogP contribution < -0.4 is 0 Å². The molecule has 0 aromatic rings. The molecule has 2 amide bonds. The first-order chi connectivity index (χ1) is 7.60. The van der Waals surface area contributed by atoms with Crippen LogP contribution in [0.5, 0.6) is 0 Å². The lowest BCUT2D eigenvalue weighted by Gasteiger charge is -2.27. The van der Waals surface area contributed by atoms with Crippen LogP contribution in [-0.2, 0) is 0 Å². The second-order valence-electron chi connectivity index (χ2n) is 3.85. The highest BCUT2D eigenvalue weighted by atomic mass is 16.3. The van der Waals surface area contributed by atoms with Gasteiger partial charge in [-0.3, -0.25) is 9.89 Å². The number of hydrogen-bond acceptors (Lipinski definition) is 4. The average molecular weight is 229 g/mol. The summed E-state index contributed by atoms with van der Waals surface area (Å²) in [6, 6.07) is -0.0808. The highest BCUT2D eigenvalue weighted by molar-refractivity contribution is 5.97. The zero-order chi connectivity index (χ0) is 12.1. The molecule has 0 fully saturated rings. The number of carbonyl (C=O) groups excluding carboxylic acids is 1. The Morgan fingerprint density at radius 1 is 1.50 bits per heavy atom. The smallest absolute Gasteiger partial charge is 0.325 e. The molecule has 1 unspecified atom stereocenters. The van der Waals surface area contributed by atoms with Gasteiger partial charge in [0, 0.05) is 13.1 Å². The summed E-state index contributed by atoms with van der Waals surface area (Å²) >= 11 is 0. The molecular formula is C10H19N3O3. The van der Waals surface area contributed by atoms with E-state index in [1.165, 1.54) is 4.90 Å². The third kappa shape index (κ3) is 2.93. The largest absolute Gasteiger partial charge is 0.395 e. The van der Waals surface area contributed by atoms with Gasteiger partial charge >= 0.3 is 6.03 Å². The van der Waals surface area contributed by atoms with Crippen molar-refractivity contribution < 1.29 is 15.0 Å². The quantitative estimate of drug-likeness (QED) is 0.683. The van der Waals surface area contributed by atoms with Crippen LogP contribution in [0.1, 0.15) is 13.8 Å². The number of amidine groups is 1. The molecule has 1 atom stereocenters. The fraction of sp³-hybridized carbons (Fsp3) is 0.800. The van der Waals surface area contributed by atoms with E-state index < -0.39 is 0 Å². The van der Waals surface area contributed by atoms with E-state index in [2.05, 4.69) is 4.99 Å². The monoisotopic (exact) mass is 229 g/mol. The molecule has 6 heteroatoms. The molecule has 0 saturated heterocycles. The predicted octanol–water partition coefficient (Wildman–Crippen LogP) is -0.484. The number of aliphatic hydroxyl groups excluding tert-OH is 2. The second kappa shape index (κ2) is 5.81. The zero-order valence-corrected chi connectivity index (χ0v) is 9.76. The van der Waals surface area contributed by atoms with Crippen molar-refractivity contribution in [1.29, 1.82) is 0 Å². The molecular weight excluding hydrogens is 210 g/mol. The van der Waals surface area contributed by atoms with Gasteiger partial charge in [-0.2, -0.15) is 0 Å². The molecule has 0 radical (unpaired) electrons. The van der Waals surface area contributed by atoms with Crippen LogP contribution >= 0.6 is 0 Å². The minimum absolute atomic E-state index is 0.106. The Morgan fingerprint density at radius 3 is 2.44 bits per heavy atom. The number of urea groups is 1. The van der Waals surface area contributed by atoms with Gasteiger partial charge in [0.1, 0.15) is 5.84 Å². The van der Waals surface area contributed by atoms with Gasteiger partial charge in [-0.15, -0.1) is 0 Å². The molecule has 0 aromatic carbocycles. The maximum atomic E-state index is 12.0. The van der Waals surface area contributed by atoms with E-state index in [1.807, 2.05) is 6.92 Å². The molecule has 0 spiro atoms. The van der Waals surface area contributed by atoms with E-state index in [-0.39, 0.29) is 38.4 Å². The summed E-state index contributed by atoms with van der Waals surface area (Å²) in [5.41, 5.74) is 0. The Kier molecular flexibility index (Phi) is 4.70. The van der Waals surface area contributed by atoms with Gasteiger partial charge in [-0.05, 0) is 13.8 Å². The fourth-order valence-corrected chi connectivity index (χ4v) is 1.76. The van der Waals surface area contributed by atoms with Crippen molar-refractivity contribution in [3.8, 4) is 0 Å². The van der Waals surface area contributed by atoms with Gasteiger partial charge in [0.2, 0.25) is 0 Å². The predicted molar refractivity (Wildman–Crippen MR) is 60.4 cm³/mol. The van der Waals surface area contributed by atoms with Crippen molar-refractivity contribution in [2.75, 3.05) is 32.8 Å². The summed E-state index contributed by atoms with van der Waals surface area (Å²) in [6.45, 7) is 4.56. The van der Waals surface area contributed by atoms with Crippen LogP contribution in [0, 0.1) is 0 Å². The van der Waals surface area contributed by atoms with Gasteiger partial charge in [0.25, 0.3) is 0 Å². The average Bonchev–Trinajstić information content (AvgIpc) is 2.56. The molecule has 0 aromatic heterocycles. The van der Waals surface area contributed by atoms with Crippen molar-refractivity contribution in [3.05, 3.63) is 0 Å². The summed E-state index contributed by atoms with van der Waals surface area (Å²) in [5.74, 6) is 0.693. The first-order valence-corrected chi connectivity index (χ1v) is 5.42. The zero-order valence-electron chi connectivity index (χ0n) is 9.76.